The van der Waals surface area contributed by atoms with Crippen molar-refractivity contribution in [3.63, 3.8) is 0 Å². The summed E-state index contributed by atoms with van der Waals surface area (Å²) >= 11 is 7.87. The number of aliphatic carboxylic acids is 1. The maximum atomic E-state index is 11.8. The number of anilines is 1. The Bertz CT molecular complexity index is 497. The maximum absolute atomic E-state index is 11.8. The zero-order valence-electron chi connectivity index (χ0n) is 11.0. The second kappa shape index (κ2) is 8.31. The first kappa shape index (κ1) is 17.0. The minimum Gasteiger partial charge on any atom is -0.480 e. The Hall–Kier alpha value is -1.02. The average molecular weight is 411 g/mol. The number of benzene rings is 1. The smallest absolute Gasteiger partial charge is 0.326 e. The lowest BCUT2D eigenvalue weighted by Crippen LogP contribution is -2.43. The first-order valence-corrected chi connectivity index (χ1v) is 7.65. The molecule has 0 radical (unpaired) electrons. The molecule has 2 amide bonds. The molecule has 1 rings (SSSR count). The van der Waals surface area contributed by atoms with Gasteiger partial charge in [0.1, 0.15) is 6.04 Å². The quantitative estimate of drug-likeness (QED) is 0.626. The van der Waals surface area contributed by atoms with E-state index in [4.69, 9.17) is 16.7 Å². The van der Waals surface area contributed by atoms with Crippen LogP contribution in [0, 0.1) is 3.57 Å². The number of unbranched alkanes of at least 4 members (excludes halogenated alkanes) is 1. The lowest BCUT2D eigenvalue weighted by molar-refractivity contribution is -0.139. The number of carbonyl (C=O) groups is 2. The molecule has 0 aliphatic heterocycles. The molecule has 0 aromatic heterocycles. The number of nitrogens with one attached hydrogen (secondary N) is 2. The summed E-state index contributed by atoms with van der Waals surface area (Å²) in [4.78, 5) is 22.8. The molecule has 0 saturated heterocycles. The van der Waals surface area contributed by atoms with Crippen molar-refractivity contribution < 1.29 is 14.7 Å². The van der Waals surface area contributed by atoms with E-state index < -0.39 is 18.0 Å². The van der Waals surface area contributed by atoms with Crippen molar-refractivity contribution in [2.75, 3.05) is 5.32 Å². The number of hydrogen-bond acceptors (Lipinski definition) is 2. The summed E-state index contributed by atoms with van der Waals surface area (Å²) in [6, 6.07) is 3.63. The van der Waals surface area contributed by atoms with Gasteiger partial charge in [0, 0.05) is 8.59 Å². The predicted octanol–water partition coefficient (Wildman–Crippen LogP) is 3.71. The molecular weight excluding hydrogens is 395 g/mol. The van der Waals surface area contributed by atoms with Gasteiger partial charge in [-0.15, -0.1) is 0 Å². The fraction of sp³-hybridized carbons (Fsp3) is 0.385. The highest BCUT2D eigenvalue weighted by molar-refractivity contribution is 14.1. The zero-order valence-corrected chi connectivity index (χ0v) is 13.9. The number of carboxylic acids is 1. The SMILES string of the molecule is CCCCC(NC(=O)Nc1ccc(Cl)cc1I)C(=O)O. The van der Waals surface area contributed by atoms with E-state index in [1.54, 1.807) is 18.2 Å². The average Bonchev–Trinajstić information content (AvgIpc) is 2.37. The van der Waals surface area contributed by atoms with Gasteiger partial charge >= 0.3 is 12.0 Å². The highest BCUT2D eigenvalue weighted by atomic mass is 127. The van der Waals surface area contributed by atoms with Crippen LogP contribution in [0.25, 0.3) is 0 Å². The summed E-state index contributed by atoms with van der Waals surface area (Å²) in [6.07, 6.45) is 2.04. The molecule has 0 aliphatic carbocycles. The number of carboxylic acid groups (broad SMARTS) is 1. The van der Waals surface area contributed by atoms with Gasteiger partial charge in [-0.1, -0.05) is 31.4 Å². The van der Waals surface area contributed by atoms with Crippen molar-refractivity contribution in [3.8, 4) is 0 Å². The number of hydrogen-bond donors (Lipinski definition) is 3. The fourth-order valence-corrected chi connectivity index (χ4v) is 2.58. The molecule has 1 aromatic carbocycles. The van der Waals surface area contributed by atoms with Crippen molar-refractivity contribution in [2.24, 2.45) is 0 Å². The lowest BCUT2D eigenvalue weighted by atomic mass is 10.1. The van der Waals surface area contributed by atoms with Crippen LogP contribution in [0.2, 0.25) is 5.02 Å². The van der Waals surface area contributed by atoms with E-state index in [-0.39, 0.29) is 0 Å². The summed E-state index contributed by atoms with van der Waals surface area (Å²) in [5.41, 5.74) is 0.590. The van der Waals surface area contributed by atoms with Gasteiger partial charge in [0.2, 0.25) is 0 Å². The normalized spacial score (nSPS) is 11.8. The van der Waals surface area contributed by atoms with Crippen molar-refractivity contribution >= 4 is 51.9 Å². The van der Waals surface area contributed by atoms with Crippen molar-refractivity contribution in [3.05, 3.63) is 26.8 Å². The highest BCUT2D eigenvalue weighted by Crippen LogP contribution is 2.22. The standard InChI is InChI=1S/C13H16ClIN2O3/c1-2-3-4-11(12(18)19)17-13(20)16-10-6-5-8(14)7-9(10)15/h5-7,11H,2-4H2,1H3,(H,18,19)(H2,16,17,20). The van der Waals surface area contributed by atoms with Crippen LogP contribution in [0.3, 0.4) is 0 Å². The molecular formula is C13H16ClIN2O3. The molecule has 0 bridgehead atoms. The maximum Gasteiger partial charge on any atom is 0.326 e. The van der Waals surface area contributed by atoms with Crippen LogP contribution in [-0.4, -0.2) is 23.1 Å². The molecule has 3 N–H and O–H groups in total. The van der Waals surface area contributed by atoms with Gasteiger partial charge < -0.3 is 15.7 Å². The number of halogens is 2. The molecule has 0 saturated carbocycles. The van der Waals surface area contributed by atoms with Crippen LogP contribution >= 0.6 is 34.2 Å². The minimum absolute atomic E-state index is 0.414. The van der Waals surface area contributed by atoms with Crippen molar-refractivity contribution in [2.45, 2.75) is 32.2 Å². The third kappa shape index (κ3) is 5.54. The zero-order chi connectivity index (χ0) is 15.1. The summed E-state index contributed by atoms with van der Waals surface area (Å²) in [5.74, 6) is -1.03. The molecule has 5 nitrogen and oxygen atoms in total. The van der Waals surface area contributed by atoms with E-state index in [0.717, 1.165) is 16.4 Å². The number of urea groups is 1. The largest absolute Gasteiger partial charge is 0.480 e. The third-order valence-corrected chi connectivity index (χ3v) is 3.76. The van der Waals surface area contributed by atoms with Gasteiger partial charge in [0.25, 0.3) is 0 Å². The third-order valence-electron chi connectivity index (χ3n) is 2.63. The van der Waals surface area contributed by atoms with Crippen molar-refractivity contribution in [1.82, 2.24) is 5.32 Å². The van der Waals surface area contributed by atoms with Crippen LogP contribution in [0.5, 0.6) is 0 Å². The second-order valence-electron chi connectivity index (χ2n) is 4.26. The number of amides is 2. The fourth-order valence-electron chi connectivity index (χ4n) is 1.57. The van der Waals surface area contributed by atoms with Gasteiger partial charge in [0.05, 0.1) is 5.69 Å². The summed E-state index contributed by atoms with van der Waals surface area (Å²) in [6.45, 7) is 1.97. The van der Waals surface area contributed by atoms with Gasteiger partial charge in [-0.05, 0) is 47.2 Å². The Labute approximate surface area is 136 Å². The number of carbonyl (C=O) groups excluding carboxylic acids is 1. The minimum atomic E-state index is -1.03. The van der Waals surface area contributed by atoms with E-state index in [9.17, 15) is 9.59 Å². The Kier molecular flexibility index (Phi) is 7.08. The van der Waals surface area contributed by atoms with Crippen LogP contribution in [0.4, 0.5) is 10.5 Å². The highest BCUT2D eigenvalue weighted by Gasteiger charge is 2.19. The van der Waals surface area contributed by atoms with E-state index in [1.165, 1.54) is 0 Å². The molecule has 110 valence electrons. The van der Waals surface area contributed by atoms with Gasteiger partial charge in [-0.2, -0.15) is 0 Å². The van der Waals surface area contributed by atoms with Gasteiger partial charge in [0.15, 0.2) is 0 Å². The monoisotopic (exact) mass is 410 g/mol. The molecule has 0 fully saturated rings. The van der Waals surface area contributed by atoms with E-state index >= 15 is 0 Å². The molecule has 0 heterocycles. The molecule has 7 heteroatoms. The Balaban J connectivity index is 2.63. The summed E-state index contributed by atoms with van der Waals surface area (Å²) in [7, 11) is 0. The van der Waals surface area contributed by atoms with E-state index in [2.05, 4.69) is 10.6 Å². The molecule has 0 spiro atoms. The molecule has 1 unspecified atom stereocenters. The Morgan fingerprint density at radius 1 is 1.45 bits per heavy atom. The van der Waals surface area contributed by atoms with Gasteiger partial charge in [-0.3, -0.25) is 0 Å². The topological polar surface area (TPSA) is 78.4 Å². The molecule has 1 atom stereocenters. The van der Waals surface area contributed by atoms with Crippen LogP contribution in [-0.2, 0) is 4.79 Å². The Morgan fingerprint density at radius 3 is 2.70 bits per heavy atom. The first-order valence-electron chi connectivity index (χ1n) is 6.19. The summed E-state index contributed by atoms with van der Waals surface area (Å²) in [5, 5.41) is 14.7. The Morgan fingerprint density at radius 2 is 2.15 bits per heavy atom. The van der Waals surface area contributed by atoms with E-state index in [0.29, 0.717) is 17.1 Å². The predicted molar refractivity (Wildman–Crippen MR) is 87.3 cm³/mol. The summed E-state index contributed by atoms with van der Waals surface area (Å²) < 4.78 is 0.783. The van der Waals surface area contributed by atoms with Crippen LogP contribution in [0.15, 0.2) is 18.2 Å². The second-order valence-corrected chi connectivity index (χ2v) is 5.85. The molecule has 20 heavy (non-hydrogen) atoms. The number of rotatable bonds is 6. The van der Waals surface area contributed by atoms with E-state index in [1.807, 2.05) is 29.5 Å². The first-order chi connectivity index (χ1) is 9.43. The van der Waals surface area contributed by atoms with Crippen molar-refractivity contribution in [1.29, 1.82) is 0 Å². The van der Waals surface area contributed by atoms with Gasteiger partial charge in [-0.25, -0.2) is 9.59 Å². The lowest BCUT2D eigenvalue weighted by Gasteiger charge is -2.15. The molecule has 1 aromatic rings. The van der Waals surface area contributed by atoms with Crippen LogP contribution < -0.4 is 10.6 Å². The van der Waals surface area contributed by atoms with Crippen LogP contribution in [0.1, 0.15) is 26.2 Å². The molecule has 0 aliphatic rings.